The van der Waals surface area contributed by atoms with Crippen molar-refractivity contribution in [1.29, 1.82) is 5.41 Å². The number of hydrogen-bond donors (Lipinski definition) is 1. The molecule has 0 bridgehead atoms. The Kier molecular flexibility index (Phi) is 4.09. The van der Waals surface area contributed by atoms with Gasteiger partial charge < -0.3 is 4.90 Å². The van der Waals surface area contributed by atoms with Gasteiger partial charge in [-0.2, -0.15) is 0 Å². The van der Waals surface area contributed by atoms with E-state index in [0.29, 0.717) is 0 Å². The Hall–Kier alpha value is -1.31. The van der Waals surface area contributed by atoms with Crippen molar-refractivity contribution in [3.63, 3.8) is 0 Å². The Balaban J connectivity index is 1.91. The van der Waals surface area contributed by atoms with Crippen LogP contribution in [-0.4, -0.2) is 23.8 Å². The van der Waals surface area contributed by atoms with Crippen LogP contribution in [0.5, 0.6) is 0 Å². The van der Waals surface area contributed by atoms with Gasteiger partial charge in [0.2, 0.25) is 0 Å². The summed E-state index contributed by atoms with van der Waals surface area (Å²) in [6.45, 7) is 2.18. The van der Waals surface area contributed by atoms with E-state index in [1.54, 1.807) is 0 Å². The minimum atomic E-state index is -0.00313. The Morgan fingerprint density at radius 1 is 0.850 bits per heavy atom. The van der Waals surface area contributed by atoms with Gasteiger partial charge in [-0.15, -0.1) is 0 Å². The van der Waals surface area contributed by atoms with Crippen LogP contribution in [0.2, 0.25) is 0 Å². The molecule has 2 nitrogen and oxygen atoms in total. The molecule has 20 heavy (non-hydrogen) atoms. The maximum atomic E-state index is 8.89. The van der Waals surface area contributed by atoms with Gasteiger partial charge in [-0.05, 0) is 37.7 Å². The van der Waals surface area contributed by atoms with Crippen LogP contribution in [0.15, 0.2) is 30.3 Å². The van der Waals surface area contributed by atoms with Crippen LogP contribution in [0, 0.1) is 5.41 Å². The molecule has 0 unspecified atom stereocenters. The zero-order valence-electron chi connectivity index (χ0n) is 12.4. The minimum Gasteiger partial charge on any atom is -0.360 e. The van der Waals surface area contributed by atoms with Crippen molar-refractivity contribution in [3.8, 4) is 0 Å². The third-order valence-electron chi connectivity index (χ3n) is 5.16. The number of benzene rings is 1. The molecule has 1 aliphatic heterocycles. The SMILES string of the molecule is N=C(N1CCCCC1)C1(c2ccccc2)CCCCC1. The Bertz CT molecular complexity index is 440. The lowest BCUT2D eigenvalue weighted by atomic mass is 9.68. The molecular formula is C18H26N2. The fourth-order valence-corrected chi connectivity index (χ4v) is 3.99. The molecule has 0 amide bonds. The van der Waals surface area contributed by atoms with Crippen molar-refractivity contribution in [2.24, 2.45) is 0 Å². The quantitative estimate of drug-likeness (QED) is 0.627. The predicted molar refractivity (Wildman–Crippen MR) is 84.4 cm³/mol. The first-order chi connectivity index (χ1) is 9.83. The van der Waals surface area contributed by atoms with Gasteiger partial charge in [0.1, 0.15) is 5.84 Å². The molecule has 2 heteroatoms. The average Bonchev–Trinajstić information content (AvgIpc) is 2.56. The molecule has 1 heterocycles. The molecule has 3 rings (SSSR count). The monoisotopic (exact) mass is 270 g/mol. The number of likely N-dealkylation sites (tertiary alicyclic amines) is 1. The van der Waals surface area contributed by atoms with E-state index in [1.165, 1.54) is 44.1 Å². The number of nitrogens with zero attached hydrogens (tertiary/aromatic N) is 1. The highest BCUT2D eigenvalue weighted by Gasteiger charge is 2.40. The first-order valence-electron chi connectivity index (χ1n) is 8.22. The summed E-state index contributed by atoms with van der Waals surface area (Å²) in [7, 11) is 0. The van der Waals surface area contributed by atoms with Crippen molar-refractivity contribution in [1.82, 2.24) is 4.90 Å². The summed E-state index contributed by atoms with van der Waals surface area (Å²) in [5, 5.41) is 8.89. The summed E-state index contributed by atoms with van der Waals surface area (Å²) < 4.78 is 0. The van der Waals surface area contributed by atoms with Crippen molar-refractivity contribution < 1.29 is 0 Å². The van der Waals surface area contributed by atoms with E-state index in [9.17, 15) is 0 Å². The highest BCUT2D eigenvalue weighted by atomic mass is 15.2. The van der Waals surface area contributed by atoms with Gasteiger partial charge in [0.25, 0.3) is 0 Å². The fourth-order valence-electron chi connectivity index (χ4n) is 3.99. The van der Waals surface area contributed by atoms with Crippen LogP contribution in [-0.2, 0) is 5.41 Å². The molecule has 1 aliphatic carbocycles. The van der Waals surface area contributed by atoms with Gasteiger partial charge in [0.05, 0.1) is 5.41 Å². The van der Waals surface area contributed by atoms with Crippen molar-refractivity contribution in [3.05, 3.63) is 35.9 Å². The third kappa shape index (κ3) is 2.48. The summed E-state index contributed by atoms with van der Waals surface area (Å²) in [4.78, 5) is 2.36. The average molecular weight is 270 g/mol. The number of hydrogen-bond acceptors (Lipinski definition) is 1. The topological polar surface area (TPSA) is 27.1 Å². The summed E-state index contributed by atoms with van der Waals surface area (Å²) in [6.07, 6.45) is 10.0. The Morgan fingerprint density at radius 3 is 2.10 bits per heavy atom. The zero-order chi connectivity index (χ0) is 13.8. The molecule has 2 fully saturated rings. The second-order valence-electron chi connectivity index (χ2n) is 6.41. The van der Waals surface area contributed by atoms with Crippen LogP contribution in [0.25, 0.3) is 0 Å². The van der Waals surface area contributed by atoms with E-state index in [-0.39, 0.29) is 5.41 Å². The van der Waals surface area contributed by atoms with Gasteiger partial charge in [0.15, 0.2) is 0 Å². The molecule has 2 aliphatic rings. The largest absolute Gasteiger partial charge is 0.360 e. The molecule has 1 saturated carbocycles. The highest BCUT2D eigenvalue weighted by Crippen LogP contribution is 2.41. The zero-order valence-corrected chi connectivity index (χ0v) is 12.4. The van der Waals surface area contributed by atoms with E-state index in [2.05, 4.69) is 35.2 Å². The van der Waals surface area contributed by atoms with Crippen molar-refractivity contribution in [2.45, 2.75) is 56.8 Å². The Labute approximate surface area is 122 Å². The number of amidine groups is 1. The van der Waals surface area contributed by atoms with Crippen molar-refractivity contribution >= 4 is 5.84 Å². The normalized spacial score (nSPS) is 22.5. The maximum absolute atomic E-state index is 8.89. The van der Waals surface area contributed by atoms with Gasteiger partial charge in [-0.1, -0.05) is 49.6 Å². The van der Waals surface area contributed by atoms with Gasteiger partial charge in [0, 0.05) is 13.1 Å². The summed E-state index contributed by atoms with van der Waals surface area (Å²) >= 11 is 0. The van der Waals surface area contributed by atoms with E-state index in [0.717, 1.165) is 31.8 Å². The van der Waals surface area contributed by atoms with E-state index in [1.807, 2.05) is 0 Å². The van der Waals surface area contributed by atoms with Crippen LogP contribution >= 0.6 is 0 Å². The molecule has 0 spiro atoms. The number of rotatable bonds is 2. The second-order valence-corrected chi connectivity index (χ2v) is 6.41. The first kappa shape index (κ1) is 13.7. The van der Waals surface area contributed by atoms with Gasteiger partial charge in [-0.25, -0.2) is 0 Å². The molecule has 1 N–H and O–H groups in total. The maximum Gasteiger partial charge on any atom is 0.107 e. The standard InChI is InChI=1S/C18H26N2/c19-17(20-14-8-3-9-15-20)18(12-6-2-7-13-18)16-10-4-1-5-11-16/h1,4-5,10-11,19H,2-3,6-9,12-15H2. The number of piperidine rings is 1. The summed E-state index contributed by atoms with van der Waals surface area (Å²) in [5.41, 5.74) is 1.37. The van der Waals surface area contributed by atoms with Crippen LogP contribution in [0.3, 0.4) is 0 Å². The first-order valence-corrected chi connectivity index (χ1v) is 8.22. The lowest BCUT2D eigenvalue weighted by molar-refractivity contribution is 0.285. The second kappa shape index (κ2) is 5.99. The molecule has 1 saturated heterocycles. The van der Waals surface area contributed by atoms with Gasteiger partial charge >= 0.3 is 0 Å². The molecule has 0 atom stereocenters. The van der Waals surface area contributed by atoms with Crippen LogP contribution in [0.1, 0.15) is 56.9 Å². The predicted octanol–water partition coefficient (Wildman–Crippen LogP) is 4.35. The van der Waals surface area contributed by atoms with Crippen molar-refractivity contribution in [2.75, 3.05) is 13.1 Å². The molecule has 1 aromatic rings. The Morgan fingerprint density at radius 2 is 1.45 bits per heavy atom. The minimum absolute atomic E-state index is 0.00313. The molecular weight excluding hydrogens is 244 g/mol. The molecule has 108 valence electrons. The summed E-state index contributed by atoms with van der Waals surface area (Å²) in [5.74, 6) is 0.906. The molecule has 1 aromatic carbocycles. The van der Waals surface area contributed by atoms with Crippen LogP contribution in [0.4, 0.5) is 0 Å². The lowest BCUT2D eigenvalue weighted by Gasteiger charge is -2.44. The highest BCUT2D eigenvalue weighted by molar-refractivity contribution is 5.91. The molecule has 0 aromatic heterocycles. The van der Waals surface area contributed by atoms with E-state index in [4.69, 9.17) is 5.41 Å². The summed E-state index contributed by atoms with van der Waals surface area (Å²) in [6, 6.07) is 10.8. The van der Waals surface area contributed by atoms with E-state index >= 15 is 0 Å². The molecule has 0 radical (unpaired) electrons. The van der Waals surface area contributed by atoms with E-state index < -0.39 is 0 Å². The smallest absolute Gasteiger partial charge is 0.107 e. The third-order valence-corrected chi connectivity index (χ3v) is 5.16. The van der Waals surface area contributed by atoms with Crippen LogP contribution < -0.4 is 0 Å². The van der Waals surface area contributed by atoms with Gasteiger partial charge in [-0.3, -0.25) is 5.41 Å². The fraction of sp³-hybridized carbons (Fsp3) is 0.611. The lowest BCUT2D eigenvalue weighted by Crippen LogP contribution is -2.49. The number of nitrogens with one attached hydrogen (secondary N) is 1.